The van der Waals surface area contributed by atoms with Crippen LogP contribution in [0.5, 0.6) is 0 Å². The fraction of sp³-hybridized carbons (Fsp3) is 0.769. The molecule has 0 bridgehead atoms. The summed E-state index contributed by atoms with van der Waals surface area (Å²) in [6, 6.07) is 0. The molecule has 0 fully saturated rings. The zero-order valence-corrected chi connectivity index (χ0v) is 11.9. The van der Waals surface area contributed by atoms with Gasteiger partial charge in [0.25, 0.3) is 0 Å². The second kappa shape index (κ2) is 6.64. The van der Waals surface area contributed by atoms with Gasteiger partial charge in [-0.05, 0) is 32.6 Å². The summed E-state index contributed by atoms with van der Waals surface area (Å²) >= 11 is 0. The number of hydrogen-bond donors (Lipinski definition) is 2. The fourth-order valence-corrected chi connectivity index (χ4v) is 1.03. The van der Waals surface area contributed by atoms with Crippen LogP contribution in [-0.4, -0.2) is 18.2 Å². The zero-order chi connectivity index (χ0) is 13.5. The van der Waals surface area contributed by atoms with Crippen molar-refractivity contribution in [2.75, 3.05) is 6.54 Å². The number of hydrazine groups is 1. The second-order valence-corrected chi connectivity index (χ2v) is 6.11. The number of carbonyl (C=O) groups excluding carboxylic acids is 1. The van der Waals surface area contributed by atoms with Crippen molar-refractivity contribution in [3.63, 3.8) is 0 Å². The van der Waals surface area contributed by atoms with Gasteiger partial charge < -0.3 is 4.74 Å². The summed E-state index contributed by atoms with van der Waals surface area (Å²) in [6.07, 6.45) is 4.68. The Hall–Kier alpha value is -1.03. The Morgan fingerprint density at radius 1 is 1.18 bits per heavy atom. The van der Waals surface area contributed by atoms with E-state index in [1.54, 1.807) is 0 Å². The fourth-order valence-electron chi connectivity index (χ4n) is 1.03. The number of amides is 1. The summed E-state index contributed by atoms with van der Waals surface area (Å²) in [5, 5.41) is 0. The molecule has 0 aliphatic carbocycles. The average molecular weight is 242 g/mol. The predicted octanol–water partition coefficient (Wildman–Crippen LogP) is 3.01. The molecule has 100 valence electrons. The lowest BCUT2D eigenvalue weighted by molar-refractivity contribution is 0.0499. The van der Waals surface area contributed by atoms with E-state index in [1.807, 2.05) is 20.8 Å². The number of nitrogens with one attached hydrogen (secondary N) is 2. The average Bonchev–Trinajstić information content (AvgIpc) is 2.06. The molecular formula is C13H26N2O2. The lowest BCUT2D eigenvalue weighted by Gasteiger charge is -2.19. The molecule has 17 heavy (non-hydrogen) atoms. The summed E-state index contributed by atoms with van der Waals surface area (Å²) in [5.41, 5.74) is 5.06. The topological polar surface area (TPSA) is 50.4 Å². The van der Waals surface area contributed by atoms with Crippen LogP contribution in [-0.2, 0) is 4.74 Å². The number of allylic oxidation sites excluding steroid dienone is 1. The van der Waals surface area contributed by atoms with Gasteiger partial charge in [-0.25, -0.2) is 10.2 Å². The van der Waals surface area contributed by atoms with E-state index >= 15 is 0 Å². The van der Waals surface area contributed by atoms with Gasteiger partial charge in [-0.15, -0.1) is 0 Å². The minimum atomic E-state index is -0.460. The molecule has 0 saturated carbocycles. The SMILES string of the molecule is CC(C)(C)C=CCCNNC(=O)OC(C)(C)C. The normalized spacial score (nSPS) is 12.8. The third-order valence-corrected chi connectivity index (χ3v) is 1.64. The van der Waals surface area contributed by atoms with Gasteiger partial charge in [0.05, 0.1) is 0 Å². The van der Waals surface area contributed by atoms with E-state index in [0.717, 1.165) is 6.42 Å². The highest BCUT2D eigenvalue weighted by molar-refractivity contribution is 5.66. The first-order valence-corrected chi connectivity index (χ1v) is 6.00. The highest BCUT2D eigenvalue weighted by Gasteiger charge is 2.15. The number of hydrogen-bond acceptors (Lipinski definition) is 3. The van der Waals surface area contributed by atoms with Gasteiger partial charge in [-0.3, -0.25) is 5.43 Å². The molecule has 1 amide bonds. The van der Waals surface area contributed by atoms with Crippen molar-refractivity contribution in [3.05, 3.63) is 12.2 Å². The molecule has 0 heterocycles. The molecule has 0 radical (unpaired) electrons. The van der Waals surface area contributed by atoms with E-state index in [9.17, 15) is 4.79 Å². The minimum absolute atomic E-state index is 0.207. The summed E-state index contributed by atoms with van der Waals surface area (Å²) in [4.78, 5) is 11.2. The highest BCUT2D eigenvalue weighted by Crippen LogP contribution is 2.14. The first-order chi connectivity index (χ1) is 7.60. The molecule has 0 rings (SSSR count). The molecule has 4 heteroatoms. The van der Waals surface area contributed by atoms with Crippen molar-refractivity contribution in [2.45, 2.75) is 53.6 Å². The van der Waals surface area contributed by atoms with Crippen LogP contribution in [0.15, 0.2) is 12.2 Å². The summed E-state index contributed by atoms with van der Waals surface area (Å²) < 4.78 is 5.07. The van der Waals surface area contributed by atoms with Gasteiger partial charge in [0, 0.05) is 6.54 Å². The van der Waals surface area contributed by atoms with E-state index in [-0.39, 0.29) is 5.41 Å². The van der Waals surface area contributed by atoms with Crippen LogP contribution in [0.1, 0.15) is 48.0 Å². The van der Waals surface area contributed by atoms with Gasteiger partial charge in [0.2, 0.25) is 0 Å². The van der Waals surface area contributed by atoms with Crippen LogP contribution < -0.4 is 10.9 Å². The van der Waals surface area contributed by atoms with Crippen LogP contribution >= 0.6 is 0 Å². The zero-order valence-electron chi connectivity index (χ0n) is 11.9. The minimum Gasteiger partial charge on any atom is -0.443 e. The lowest BCUT2D eigenvalue weighted by atomic mass is 9.96. The molecule has 0 aromatic heterocycles. The van der Waals surface area contributed by atoms with Crippen LogP contribution in [0.2, 0.25) is 0 Å². The van der Waals surface area contributed by atoms with E-state index < -0.39 is 11.7 Å². The van der Waals surface area contributed by atoms with Gasteiger partial charge >= 0.3 is 6.09 Å². The molecule has 0 saturated heterocycles. The van der Waals surface area contributed by atoms with Gasteiger partial charge in [-0.1, -0.05) is 32.9 Å². The van der Waals surface area contributed by atoms with Gasteiger partial charge in [0.1, 0.15) is 5.60 Å². The molecule has 0 aliphatic rings. The third-order valence-electron chi connectivity index (χ3n) is 1.64. The summed E-state index contributed by atoms with van der Waals surface area (Å²) in [6.45, 7) is 12.6. The Bertz CT molecular complexity index is 260. The van der Waals surface area contributed by atoms with E-state index in [2.05, 4.69) is 43.8 Å². The first kappa shape index (κ1) is 16.0. The van der Waals surface area contributed by atoms with E-state index in [0.29, 0.717) is 6.54 Å². The molecule has 0 aliphatic heterocycles. The Morgan fingerprint density at radius 3 is 2.24 bits per heavy atom. The van der Waals surface area contributed by atoms with Crippen molar-refractivity contribution in [1.82, 2.24) is 10.9 Å². The summed E-state index contributed by atoms with van der Waals surface area (Å²) in [5.74, 6) is 0. The highest BCUT2D eigenvalue weighted by atomic mass is 16.6. The predicted molar refractivity (Wildman–Crippen MR) is 70.6 cm³/mol. The summed E-state index contributed by atoms with van der Waals surface area (Å²) in [7, 11) is 0. The Labute approximate surface area is 105 Å². The maximum atomic E-state index is 11.2. The van der Waals surface area contributed by atoms with Crippen molar-refractivity contribution >= 4 is 6.09 Å². The molecule has 2 N–H and O–H groups in total. The molecule has 0 aromatic rings. The molecule has 4 nitrogen and oxygen atoms in total. The molecule has 0 spiro atoms. The van der Waals surface area contributed by atoms with Crippen LogP contribution in [0.25, 0.3) is 0 Å². The van der Waals surface area contributed by atoms with E-state index in [1.165, 1.54) is 0 Å². The van der Waals surface area contributed by atoms with Crippen LogP contribution in [0.4, 0.5) is 4.79 Å². The first-order valence-electron chi connectivity index (χ1n) is 6.00. The molecule has 0 atom stereocenters. The lowest BCUT2D eigenvalue weighted by Crippen LogP contribution is -2.41. The van der Waals surface area contributed by atoms with Crippen molar-refractivity contribution < 1.29 is 9.53 Å². The Balaban J connectivity index is 3.59. The van der Waals surface area contributed by atoms with E-state index in [4.69, 9.17) is 4.74 Å². The standard InChI is InChI=1S/C13H26N2O2/c1-12(2,3)9-7-8-10-14-15-11(16)17-13(4,5)6/h7,9,14H,8,10H2,1-6H3,(H,15,16). The number of carbonyl (C=O) groups is 1. The van der Waals surface area contributed by atoms with Crippen molar-refractivity contribution in [1.29, 1.82) is 0 Å². The smallest absolute Gasteiger partial charge is 0.422 e. The quantitative estimate of drug-likeness (QED) is 0.452. The third kappa shape index (κ3) is 12.9. The maximum absolute atomic E-state index is 11.2. The second-order valence-electron chi connectivity index (χ2n) is 6.11. The molecule has 0 aromatic carbocycles. The Morgan fingerprint density at radius 2 is 1.76 bits per heavy atom. The molecular weight excluding hydrogens is 216 g/mol. The van der Waals surface area contributed by atoms with Gasteiger partial charge in [-0.2, -0.15) is 0 Å². The Kier molecular flexibility index (Phi) is 6.24. The monoisotopic (exact) mass is 242 g/mol. The van der Waals surface area contributed by atoms with Crippen molar-refractivity contribution in [3.8, 4) is 0 Å². The maximum Gasteiger partial charge on any atom is 0.422 e. The van der Waals surface area contributed by atoms with Crippen LogP contribution in [0, 0.1) is 5.41 Å². The van der Waals surface area contributed by atoms with Crippen LogP contribution in [0.3, 0.4) is 0 Å². The molecule has 0 unspecified atom stereocenters. The largest absolute Gasteiger partial charge is 0.443 e. The number of ether oxygens (including phenoxy) is 1. The van der Waals surface area contributed by atoms with Gasteiger partial charge in [0.15, 0.2) is 0 Å². The number of rotatable bonds is 4. The van der Waals surface area contributed by atoms with Crippen molar-refractivity contribution in [2.24, 2.45) is 5.41 Å².